The van der Waals surface area contributed by atoms with Crippen molar-refractivity contribution in [3.8, 4) is 5.75 Å². The van der Waals surface area contributed by atoms with Crippen molar-refractivity contribution in [1.29, 1.82) is 0 Å². The lowest BCUT2D eigenvalue weighted by Crippen LogP contribution is -2.64. The van der Waals surface area contributed by atoms with Gasteiger partial charge in [-0.1, -0.05) is 0 Å². The maximum absolute atomic E-state index is 12.0. The van der Waals surface area contributed by atoms with Gasteiger partial charge in [-0.15, -0.1) is 0 Å². The molecule has 0 bridgehead atoms. The SMILES string of the molecule is CCOc1ccc(NC(=O)CN2CC(O)(C3CC3)C2)cc1. The van der Waals surface area contributed by atoms with Crippen molar-refractivity contribution >= 4 is 11.6 Å². The van der Waals surface area contributed by atoms with Gasteiger partial charge in [0, 0.05) is 18.8 Å². The van der Waals surface area contributed by atoms with Gasteiger partial charge in [-0.25, -0.2) is 0 Å². The lowest BCUT2D eigenvalue weighted by molar-refractivity contribution is -0.132. The molecule has 1 saturated heterocycles. The molecule has 1 amide bonds. The highest BCUT2D eigenvalue weighted by atomic mass is 16.5. The number of rotatable bonds is 6. The van der Waals surface area contributed by atoms with E-state index in [-0.39, 0.29) is 5.91 Å². The fourth-order valence-corrected chi connectivity index (χ4v) is 2.92. The van der Waals surface area contributed by atoms with E-state index in [9.17, 15) is 9.90 Å². The minimum absolute atomic E-state index is 0.0444. The quantitative estimate of drug-likeness (QED) is 0.833. The number of anilines is 1. The molecule has 2 aliphatic rings. The number of nitrogens with zero attached hydrogens (tertiary/aromatic N) is 1. The standard InChI is InChI=1S/C16H22N2O3/c1-2-21-14-7-5-13(6-8-14)17-15(19)9-18-10-16(20,11-18)12-3-4-12/h5-8,12,20H,2-4,9-11H2,1H3,(H,17,19). The summed E-state index contributed by atoms with van der Waals surface area (Å²) in [6, 6.07) is 7.35. The number of hydrogen-bond donors (Lipinski definition) is 2. The van der Waals surface area contributed by atoms with Crippen LogP contribution in [0.25, 0.3) is 0 Å². The van der Waals surface area contributed by atoms with Gasteiger partial charge in [0.15, 0.2) is 0 Å². The van der Waals surface area contributed by atoms with Crippen LogP contribution in [0.2, 0.25) is 0 Å². The number of carbonyl (C=O) groups is 1. The van der Waals surface area contributed by atoms with Gasteiger partial charge in [-0.05, 0) is 49.9 Å². The number of carbonyl (C=O) groups excluding carboxylic acids is 1. The van der Waals surface area contributed by atoms with E-state index in [2.05, 4.69) is 5.32 Å². The van der Waals surface area contributed by atoms with Crippen LogP contribution >= 0.6 is 0 Å². The van der Waals surface area contributed by atoms with E-state index in [0.717, 1.165) is 24.3 Å². The average molecular weight is 290 g/mol. The number of likely N-dealkylation sites (tertiary alicyclic amines) is 1. The van der Waals surface area contributed by atoms with Crippen LogP contribution in [0.1, 0.15) is 19.8 Å². The van der Waals surface area contributed by atoms with Crippen LogP contribution in [0.3, 0.4) is 0 Å². The van der Waals surface area contributed by atoms with Crippen LogP contribution in [0, 0.1) is 5.92 Å². The molecule has 1 aromatic rings. The molecule has 1 heterocycles. The predicted molar refractivity (Wildman–Crippen MR) is 80.4 cm³/mol. The van der Waals surface area contributed by atoms with Crippen LogP contribution in [0.5, 0.6) is 5.75 Å². The van der Waals surface area contributed by atoms with E-state index >= 15 is 0 Å². The fraction of sp³-hybridized carbons (Fsp3) is 0.562. The van der Waals surface area contributed by atoms with Crippen molar-refractivity contribution in [2.24, 2.45) is 5.92 Å². The summed E-state index contributed by atoms with van der Waals surface area (Å²) in [7, 11) is 0. The Balaban J connectivity index is 1.44. The number of nitrogens with one attached hydrogen (secondary N) is 1. The van der Waals surface area contributed by atoms with Crippen LogP contribution in [-0.2, 0) is 4.79 Å². The van der Waals surface area contributed by atoms with Gasteiger partial charge in [0.25, 0.3) is 0 Å². The maximum atomic E-state index is 12.0. The lowest BCUT2D eigenvalue weighted by Gasteiger charge is -2.46. The Hall–Kier alpha value is -1.59. The first-order valence-corrected chi connectivity index (χ1v) is 7.56. The van der Waals surface area contributed by atoms with Crippen molar-refractivity contribution in [2.45, 2.75) is 25.4 Å². The molecule has 1 aliphatic heterocycles. The molecule has 0 aromatic heterocycles. The normalized spacial score (nSPS) is 20.7. The first kappa shape index (κ1) is 14.4. The second-order valence-electron chi connectivity index (χ2n) is 6.03. The smallest absolute Gasteiger partial charge is 0.238 e. The molecule has 1 aliphatic carbocycles. The van der Waals surface area contributed by atoms with Crippen molar-refractivity contribution < 1.29 is 14.6 Å². The van der Waals surface area contributed by atoms with E-state index in [1.807, 2.05) is 36.1 Å². The summed E-state index contributed by atoms with van der Waals surface area (Å²) < 4.78 is 5.36. The first-order chi connectivity index (χ1) is 10.1. The highest BCUT2D eigenvalue weighted by Crippen LogP contribution is 2.44. The van der Waals surface area contributed by atoms with Crippen LogP contribution in [0.4, 0.5) is 5.69 Å². The third-order valence-electron chi connectivity index (χ3n) is 4.15. The summed E-state index contributed by atoms with van der Waals surface area (Å²) in [5, 5.41) is 13.1. The Bertz CT molecular complexity index is 505. The summed E-state index contributed by atoms with van der Waals surface area (Å²) in [4.78, 5) is 13.9. The Morgan fingerprint density at radius 3 is 2.62 bits per heavy atom. The molecule has 0 atom stereocenters. The van der Waals surface area contributed by atoms with E-state index < -0.39 is 5.60 Å². The molecule has 0 spiro atoms. The number of aliphatic hydroxyl groups is 1. The Morgan fingerprint density at radius 1 is 1.38 bits per heavy atom. The van der Waals surface area contributed by atoms with E-state index in [1.165, 1.54) is 0 Å². The fourth-order valence-electron chi connectivity index (χ4n) is 2.92. The van der Waals surface area contributed by atoms with Gasteiger partial charge in [-0.2, -0.15) is 0 Å². The summed E-state index contributed by atoms with van der Waals surface area (Å²) in [6.45, 7) is 4.14. The van der Waals surface area contributed by atoms with Gasteiger partial charge in [0.1, 0.15) is 5.75 Å². The molecular weight excluding hydrogens is 268 g/mol. The summed E-state index contributed by atoms with van der Waals surface area (Å²) >= 11 is 0. The van der Waals surface area contributed by atoms with Gasteiger partial charge < -0.3 is 15.2 Å². The monoisotopic (exact) mass is 290 g/mol. The highest BCUT2D eigenvalue weighted by molar-refractivity contribution is 5.92. The Kier molecular flexibility index (Phi) is 3.87. The number of amides is 1. The molecule has 5 heteroatoms. The largest absolute Gasteiger partial charge is 0.494 e. The van der Waals surface area contributed by atoms with Gasteiger partial charge in [-0.3, -0.25) is 9.69 Å². The van der Waals surface area contributed by atoms with Crippen LogP contribution < -0.4 is 10.1 Å². The van der Waals surface area contributed by atoms with E-state index in [4.69, 9.17) is 4.74 Å². The zero-order chi connectivity index (χ0) is 14.9. The minimum atomic E-state index is -0.528. The van der Waals surface area contributed by atoms with Crippen molar-refractivity contribution in [3.05, 3.63) is 24.3 Å². The second-order valence-corrected chi connectivity index (χ2v) is 6.03. The molecule has 114 valence electrons. The van der Waals surface area contributed by atoms with Crippen molar-refractivity contribution in [3.63, 3.8) is 0 Å². The zero-order valence-corrected chi connectivity index (χ0v) is 12.3. The zero-order valence-electron chi connectivity index (χ0n) is 12.3. The predicted octanol–water partition coefficient (Wildman–Crippen LogP) is 1.48. The van der Waals surface area contributed by atoms with Crippen molar-refractivity contribution in [1.82, 2.24) is 4.90 Å². The summed E-state index contributed by atoms with van der Waals surface area (Å²) in [6.07, 6.45) is 2.26. The van der Waals surface area contributed by atoms with Gasteiger partial charge >= 0.3 is 0 Å². The third-order valence-corrected chi connectivity index (χ3v) is 4.15. The third kappa shape index (κ3) is 3.36. The molecule has 5 nitrogen and oxygen atoms in total. The van der Waals surface area contributed by atoms with Crippen LogP contribution in [-0.4, -0.2) is 47.8 Å². The summed E-state index contributed by atoms with van der Waals surface area (Å²) in [5.41, 5.74) is 0.237. The molecule has 1 saturated carbocycles. The second kappa shape index (κ2) is 5.66. The molecule has 0 unspecified atom stereocenters. The van der Waals surface area contributed by atoms with Crippen LogP contribution in [0.15, 0.2) is 24.3 Å². The number of benzene rings is 1. The number of β-amino-alcohol motifs (C(OH)–C–C–N with tert-alkyl or cyclic N) is 1. The molecule has 21 heavy (non-hydrogen) atoms. The van der Waals surface area contributed by atoms with Crippen molar-refractivity contribution in [2.75, 3.05) is 31.6 Å². The van der Waals surface area contributed by atoms with E-state index in [0.29, 0.717) is 32.2 Å². The molecule has 2 fully saturated rings. The Labute approximate surface area is 124 Å². The number of ether oxygens (including phenoxy) is 1. The summed E-state index contributed by atoms with van der Waals surface area (Å²) in [5.74, 6) is 1.22. The highest BCUT2D eigenvalue weighted by Gasteiger charge is 2.51. The van der Waals surface area contributed by atoms with Gasteiger partial charge in [0.2, 0.25) is 5.91 Å². The average Bonchev–Trinajstić information content (AvgIpc) is 3.24. The topological polar surface area (TPSA) is 61.8 Å². The molecule has 2 N–H and O–H groups in total. The Morgan fingerprint density at radius 2 is 2.05 bits per heavy atom. The maximum Gasteiger partial charge on any atom is 0.238 e. The first-order valence-electron chi connectivity index (χ1n) is 7.56. The van der Waals surface area contributed by atoms with Gasteiger partial charge in [0.05, 0.1) is 18.8 Å². The number of hydrogen-bond acceptors (Lipinski definition) is 4. The molecule has 3 rings (SSSR count). The molecule has 1 aromatic carbocycles. The molecule has 0 radical (unpaired) electrons. The van der Waals surface area contributed by atoms with E-state index in [1.54, 1.807) is 0 Å². The molecular formula is C16H22N2O3. The minimum Gasteiger partial charge on any atom is -0.494 e. The lowest BCUT2D eigenvalue weighted by atomic mass is 9.89.